The minimum Gasteiger partial charge on any atom is -0.274 e. The highest BCUT2D eigenvalue weighted by molar-refractivity contribution is 7.91. The van der Waals surface area contributed by atoms with Crippen LogP contribution in [0.25, 0.3) is 0 Å². The number of rotatable bonds is 4. The maximum atomic E-state index is 13.2. The summed E-state index contributed by atoms with van der Waals surface area (Å²) >= 11 is 1.09. The van der Waals surface area contributed by atoms with E-state index in [4.69, 9.17) is 0 Å². The van der Waals surface area contributed by atoms with Crippen LogP contribution in [0, 0.1) is 0 Å². The second-order valence-corrected chi connectivity index (χ2v) is 10.0. The van der Waals surface area contributed by atoms with Crippen molar-refractivity contribution in [2.45, 2.75) is 43.0 Å². The lowest BCUT2D eigenvalue weighted by atomic mass is 10.1. The van der Waals surface area contributed by atoms with E-state index in [9.17, 15) is 18.0 Å². The van der Waals surface area contributed by atoms with Gasteiger partial charge < -0.3 is 0 Å². The van der Waals surface area contributed by atoms with Crippen molar-refractivity contribution in [1.82, 2.24) is 4.31 Å². The first kappa shape index (κ1) is 18.8. The highest BCUT2D eigenvalue weighted by atomic mass is 32.2. The summed E-state index contributed by atoms with van der Waals surface area (Å²) in [6.45, 7) is 5.17. The van der Waals surface area contributed by atoms with Gasteiger partial charge in [-0.25, -0.2) is 13.3 Å². The van der Waals surface area contributed by atoms with Crippen molar-refractivity contribution >= 4 is 38.9 Å². The summed E-state index contributed by atoms with van der Waals surface area (Å²) in [6, 6.07) is 10.7. The molecule has 2 amide bonds. The van der Waals surface area contributed by atoms with Gasteiger partial charge in [-0.05, 0) is 44.4 Å². The van der Waals surface area contributed by atoms with Crippen LogP contribution in [0.5, 0.6) is 0 Å². The molecule has 1 fully saturated rings. The van der Waals surface area contributed by atoms with Crippen LogP contribution in [0.4, 0.5) is 5.69 Å². The van der Waals surface area contributed by atoms with Crippen LogP contribution >= 0.6 is 11.3 Å². The molecule has 1 saturated heterocycles. The number of hydrogen-bond acceptors (Lipinski definition) is 5. The van der Waals surface area contributed by atoms with Gasteiger partial charge in [0.15, 0.2) is 0 Å². The van der Waals surface area contributed by atoms with Gasteiger partial charge in [-0.1, -0.05) is 24.3 Å². The molecule has 6 nitrogen and oxygen atoms in total. The highest BCUT2D eigenvalue weighted by Crippen LogP contribution is 2.35. The van der Waals surface area contributed by atoms with Crippen molar-refractivity contribution in [3.63, 3.8) is 0 Å². The molecule has 138 valence electrons. The fraction of sp³-hybridized carbons (Fsp3) is 0.333. The summed E-state index contributed by atoms with van der Waals surface area (Å²) in [5, 5.41) is 1.67. The third-order valence-electron chi connectivity index (χ3n) is 4.09. The molecule has 0 saturated carbocycles. The van der Waals surface area contributed by atoms with Gasteiger partial charge in [0, 0.05) is 5.54 Å². The van der Waals surface area contributed by atoms with Crippen molar-refractivity contribution in [1.29, 1.82) is 0 Å². The zero-order chi connectivity index (χ0) is 19.1. The normalized spacial score (nSPS) is 18.8. The van der Waals surface area contributed by atoms with Crippen molar-refractivity contribution in [3.8, 4) is 0 Å². The van der Waals surface area contributed by atoms with Crippen LogP contribution in [0.15, 0.2) is 52.1 Å². The molecule has 0 spiro atoms. The molecule has 0 aliphatic carbocycles. The average Bonchev–Trinajstić information content (AvgIpc) is 3.17. The van der Waals surface area contributed by atoms with Crippen molar-refractivity contribution in [2.24, 2.45) is 0 Å². The first-order valence-corrected chi connectivity index (χ1v) is 10.5. The number of sulfonamides is 1. The van der Waals surface area contributed by atoms with E-state index in [1.807, 2.05) is 0 Å². The zero-order valence-electron chi connectivity index (χ0n) is 14.7. The number of para-hydroxylation sites is 1. The molecule has 1 aliphatic rings. The maximum absolute atomic E-state index is 13.2. The molecule has 2 heterocycles. The number of thiophene rings is 1. The summed E-state index contributed by atoms with van der Waals surface area (Å²) in [4.78, 5) is 26.6. The Hall–Kier alpha value is -2.03. The molecule has 1 atom stereocenters. The number of amides is 2. The van der Waals surface area contributed by atoms with E-state index in [1.165, 1.54) is 10.4 Å². The minimum absolute atomic E-state index is 0.158. The molecular weight excluding hydrogens is 372 g/mol. The van der Waals surface area contributed by atoms with Crippen molar-refractivity contribution in [2.75, 3.05) is 4.90 Å². The lowest BCUT2D eigenvalue weighted by molar-refractivity contribution is -0.122. The van der Waals surface area contributed by atoms with Gasteiger partial charge >= 0.3 is 0 Å². The second kappa shape index (κ2) is 6.61. The van der Waals surface area contributed by atoms with Crippen LogP contribution in [-0.4, -0.2) is 36.1 Å². The van der Waals surface area contributed by atoms with Crippen molar-refractivity contribution in [3.05, 3.63) is 47.8 Å². The summed E-state index contributed by atoms with van der Waals surface area (Å²) in [6.07, 6.45) is -0.171. The number of anilines is 1. The molecule has 1 aromatic carbocycles. The van der Waals surface area contributed by atoms with E-state index in [1.54, 1.807) is 62.5 Å². The number of imide groups is 1. The van der Waals surface area contributed by atoms with E-state index in [0.717, 1.165) is 16.2 Å². The number of carbonyl (C=O) groups excluding carboxylic acids is 2. The van der Waals surface area contributed by atoms with Crippen LogP contribution in [0.3, 0.4) is 0 Å². The summed E-state index contributed by atoms with van der Waals surface area (Å²) in [7, 11) is -3.91. The Morgan fingerprint density at radius 1 is 1.08 bits per heavy atom. The third kappa shape index (κ3) is 3.20. The predicted molar refractivity (Wildman–Crippen MR) is 100 cm³/mol. The van der Waals surface area contributed by atoms with E-state index < -0.39 is 33.4 Å². The van der Waals surface area contributed by atoms with E-state index >= 15 is 0 Å². The Morgan fingerprint density at radius 3 is 2.27 bits per heavy atom. The largest absolute Gasteiger partial charge is 0.274 e. The molecule has 2 aromatic rings. The van der Waals surface area contributed by atoms with Gasteiger partial charge in [-0.2, -0.15) is 4.31 Å². The zero-order valence-corrected chi connectivity index (χ0v) is 16.4. The van der Waals surface area contributed by atoms with Crippen LogP contribution in [-0.2, 0) is 19.6 Å². The quantitative estimate of drug-likeness (QED) is 0.750. The molecule has 0 radical (unpaired) electrons. The number of hydrogen-bond donors (Lipinski definition) is 0. The van der Waals surface area contributed by atoms with Gasteiger partial charge in [-0.3, -0.25) is 9.59 Å². The van der Waals surface area contributed by atoms with Crippen molar-refractivity contribution < 1.29 is 18.0 Å². The van der Waals surface area contributed by atoms with Crippen LogP contribution in [0.2, 0.25) is 0 Å². The van der Waals surface area contributed by atoms with E-state index in [-0.39, 0.29) is 10.6 Å². The molecular formula is C18H20N2O4S2. The molecule has 1 unspecified atom stereocenters. The molecule has 0 bridgehead atoms. The average molecular weight is 393 g/mol. The molecule has 3 rings (SSSR count). The van der Waals surface area contributed by atoms with Crippen LogP contribution in [0.1, 0.15) is 27.2 Å². The second-order valence-electron chi connectivity index (χ2n) is 7.03. The van der Waals surface area contributed by atoms with Gasteiger partial charge in [0.2, 0.25) is 5.91 Å². The number of benzene rings is 1. The lowest BCUT2D eigenvalue weighted by Gasteiger charge is -2.37. The lowest BCUT2D eigenvalue weighted by Crippen LogP contribution is -2.54. The molecule has 0 N–H and O–H groups in total. The van der Waals surface area contributed by atoms with Gasteiger partial charge in [0.1, 0.15) is 10.3 Å². The fourth-order valence-electron chi connectivity index (χ4n) is 3.15. The highest BCUT2D eigenvalue weighted by Gasteiger charge is 2.50. The topological polar surface area (TPSA) is 74.8 Å². The summed E-state index contributed by atoms with van der Waals surface area (Å²) in [5.41, 5.74) is -0.414. The molecule has 1 aliphatic heterocycles. The monoisotopic (exact) mass is 392 g/mol. The standard InChI is InChI=1S/C18H20N2O4S2/c1-18(2,3)20(26(23,24)16-10-7-11-25-16)14-12-15(21)19(17(14)22)13-8-5-4-6-9-13/h4-11,14H,12H2,1-3H3. The van der Waals surface area contributed by atoms with Gasteiger partial charge in [0.05, 0.1) is 12.1 Å². The Bertz CT molecular complexity index is 916. The Morgan fingerprint density at radius 2 is 1.73 bits per heavy atom. The molecule has 26 heavy (non-hydrogen) atoms. The van der Waals surface area contributed by atoms with Gasteiger partial charge in [0.25, 0.3) is 15.9 Å². The van der Waals surface area contributed by atoms with E-state index in [2.05, 4.69) is 0 Å². The van der Waals surface area contributed by atoms with Crippen LogP contribution < -0.4 is 4.90 Å². The smallest absolute Gasteiger partial charge is 0.253 e. The predicted octanol–water partition coefficient (Wildman–Crippen LogP) is 2.87. The Labute approximate surface area is 157 Å². The molecule has 1 aromatic heterocycles. The fourth-order valence-corrected chi connectivity index (χ4v) is 6.16. The minimum atomic E-state index is -3.91. The number of nitrogens with zero attached hydrogens (tertiary/aromatic N) is 2. The summed E-state index contributed by atoms with van der Waals surface area (Å²) in [5.74, 6) is -0.918. The number of carbonyl (C=O) groups is 2. The van der Waals surface area contributed by atoms with Gasteiger partial charge in [-0.15, -0.1) is 11.3 Å². The molecule has 8 heteroatoms. The SMILES string of the molecule is CC(C)(C)N(C1CC(=O)N(c2ccccc2)C1=O)S(=O)(=O)c1cccs1. The van der Waals surface area contributed by atoms with E-state index in [0.29, 0.717) is 5.69 Å². The summed E-state index contributed by atoms with van der Waals surface area (Å²) < 4.78 is 27.7. The first-order chi connectivity index (χ1) is 12.1. The first-order valence-electron chi connectivity index (χ1n) is 8.14. The maximum Gasteiger partial charge on any atom is 0.253 e. The Balaban J connectivity index is 2.04. The third-order valence-corrected chi connectivity index (χ3v) is 7.64. The Kier molecular flexibility index (Phi) is 4.76.